The molecule has 0 aliphatic rings. The third-order valence-corrected chi connectivity index (χ3v) is 19.8. The number of carbonyl (C=O) groups is 3. The Labute approximate surface area is 639 Å². The second-order valence-corrected chi connectivity index (χ2v) is 31.2. The van der Waals surface area contributed by atoms with Crippen LogP contribution in [0.15, 0.2) is 97.2 Å². The van der Waals surface area contributed by atoms with Gasteiger partial charge in [0.05, 0.1) is 40.3 Å². The molecule has 0 N–H and O–H groups in total. The topological polar surface area (TPSA) is 111 Å². The van der Waals surface area contributed by atoms with Crippen LogP contribution in [-0.2, 0) is 33.3 Å². The van der Waals surface area contributed by atoms with Crippen LogP contribution in [0.1, 0.15) is 425 Å². The number of carboxylic acid groups (broad SMARTS) is 1. The zero-order valence-electron chi connectivity index (χ0n) is 68.7. The SMILES string of the molecule is CC/C=C\C/C=C\C/C=C\C/C=C\C/C=C\C/C=C\C/C=C\CCCCCCCCCCCCCCCCCCCCCC(=O)OC(COC(=O)CCCCCCCCCCCCCCCCCCCCCCCCCCC/C=C\CCCCCCCCCC)COC(OCC[N+](C)(C)C)C(=O)[O-]. The van der Waals surface area contributed by atoms with Gasteiger partial charge in [-0.15, -0.1) is 0 Å². The van der Waals surface area contributed by atoms with E-state index in [1.165, 1.54) is 315 Å². The maximum Gasteiger partial charge on any atom is 0.306 e. The summed E-state index contributed by atoms with van der Waals surface area (Å²) in [6.45, 7) is 4.70. The monoisotopic (exact) mass is 1440 g/mol. The number of quaternary nitrogens is 1. The van der Waals surface area contributed by atoms with Crippen LogP contribution in [-0.4, -0.2) is 82.3 Å². The van der Waals surface area contributed by atoms with Crippen molar-refractivity contribution < 1.29 is 42.9 Å². The third kappa shape index (κ3) is 85.3. The Hall–Kier alpha value is -3.79. The summed E-state index contributed by atoms with van der Waals surface area (Å²) in [5.41, 5.74) is 0. The molecule has 2 unspecified atom stereocenters. The van der Waals surface area contributed by atoms with Gasteiger partial charge < -0.3 is 33.3 Å². The zero-order chi connectivity index (χ0) is 74.6. The molecule has 0 aromatic carbocycles. The standard InChI is InChI=1S/C94H169NO8/c1-6-8-10-12-14-16-18-20-22-24-26-28-30-32-34-36-38-40-42-44-45-46-47-49-51-53-55-57-59-61-63-65-67-69-71-73-75-77-79-81-83-85-92(97)103-90(89-102-94(93(98)99)100-87-86-95(3,4)5)88-101-91(96)84-82-80-78-76-74-72-70-68-66-64-62-60-58-56-54-52-50-48-43-41-39-37-35-33-31-29-27-25-23-21-19-17-15-13-11-9-7-2/h8,10,14,16,20,22,25-28,32,34,38,40,44-45,90,94H,6-7,9,11-13,15,17-19,21,23-24,29-31,33,35-37,39,41-43,46-89H2,1-5H3/b10-8-,16-14-,22-20-,27-25-,28-26-,34-32-,40-38-,45-44-. The van der Waals surface area contributed by atoms with Crippen molar-refractivity contribution in [2.45, 2.75) is 437 Å². The van der Waals surface area contributed by atoms with E-state index in [9.17, 15) is 19.5 Å². The first-order valence-electron chi connectivity index (χ1n) is 44.4. The van der Waals surface area contributed by atoms with Crippen molar-refractivity contribution in [3.05, 3.63) is 97.2 Å². The number of unbranched alkanes of at least 4 members (excludes halogenated alkanes) is 52. The molecule has 0 aromatic heterocycles. The highest BCUT2D eigenvalue weighted by atomic mass is 16.7. The molecule has 598 valence electrons. The molecule has 0 heterocycles. The summed E-state index contributed by atoms with van der Waals surface area (Å²) < 4.78 is 22.9. The van der Waals surface area contributed by atoms with Crippen molar-refractivity contribution in [3.63, 3.8) is 0 Å². The number of carboxylic acids is 1. The van der Waals surface area contributed by atoms with Crippen LogP contribution in [0.4, 0.5) is 0 Å². The summed E-state index contributed by atoms with van der Waals surface area (Å²) in [5.74, 6) is -2.25. The second kappa shape index (κ2) is 83.8. The minimum Gasteiger partial charge on any atom is -0.545 e. The number of nitrogens with zero attached hydrogens (tertiary/aromatic N) is 1. The van der Waals surface area contributed by atoms with Gasteiger partial charge in [-0.1, -0.05) is 413 Å². The number of esters is 2. The number of rotatable bonds is 83. The summed E-state index contributed by atoms with van der Waals surface area (Å²) in [4.78, 5) is 37.7. The molecule has 0 saturated heterocycles. The fourth-order valence-corrected chi connectivity index (χ4v) is 13.1. The quantitative estimate of drug-likeness (QED) is 0.0195. The van der Waals surface area contributed by atoms with Crippen LogP contribution in [0.5, 0.6) is 0 Å². The normalized spacial score (nSPS) is 13.1. The lowest BCUT2D eigenvalue weighted by molar-refractivity contribution is -0.870. The molecule has 0 saturated carbocycles. The molecule has 0 bridgehead atoms. The molecule has 2 atom stereocenters. The van der Waals surface area contributed by atoms with E-state index in [4.69, 9.17) is 18.9 Å². The van der Waals surface area contributed by atoms with Crippen molar-refractivity contribution in [1.29, 1.82) is 0 Å². The molecule has 0 aliphatic heterocycles. The number of allylic oxidation sites excluding steroid dienone is 16. The number of hydrogen-bond donors (Lipinski definition) is 0. The van der Waals surface area contributed by atoms with Crippen molar-refractivity contribution >= 4 is 17.9 Å². The van der Waals surface area contributed by atoms with Gasteiger partial charge in [0.1, 0.15) is 13.2 Å². The van der Waals surface area contributed by atoms with Gasteiger partial charge in [0.25, 0.3) is 0 Å². The third-order valence-electron chi connectivity index (χ3n) is 19.8. The summed E-state index contributed by atoms with van der Waals surface area (Å²) in [6.07, 6.45) is 114. The maximum atomic E-state index is 13.0. The summed E-state index contributed by atoms with van der Waals surface area (Å²) >= 11 is 0. The molecule has 0 amide bonds. The minimum absolute atomic E-state index is 0.148. The molecule has 0 rings (SSSR count). The Morgan fingerprint density at radius 1 is 0.301 bits per heavy atom. The first kappa shape index (κ1) is 99.2. The summed E-state index contributed by atoms with van der Waals surface area (Å²) in [6, 6.07) is 0. The number of likely N-dealkylation sites (N-methyl/N-ethyl adjacent to an activating group) is 1. The molecule has 9 nitrogen and oxygen atoms in total. The first-order valence-corrected chi connectivity index (χ1v) is 44.4. The second-order valence-electron chi connectivity index (χ2n) is 31.2. The lowest BCUT2D eigenvalue weighted by Crippen LogP contribution is -2.44. The van der Waals surface area contributed by atoms with Crippen molar-refractivity contribution in [3.8, 4) is 0 Å². The lowest BCUT2D eigenvalue weighted by Gasteiger charge is -2.26. The first-order chi connectivity index (χ1) is 50.6. The van der Waals surface area contributed by atoms with Gasteiger partial charge in [0.2, 0.25) is 0 Å². The summed E-state index contributed by atoms with van der Waals surface area (Å²) in [7, 11) is 5.95. The molecule has 0 aromatic rings. The molecular weight excluding hydrogens is 1270 g/mol. The average molecular weight is 1440 g/mol. The van der Waals surface area contributed by atoms with Gasteiger partial charge in [0.15, 0.2) is 12.4 Å². The van der Waals surface area contributed by atoms with Crippen LogP contribution in [0.2, 0.25) is 0 Å². The van der Waals surface area contributed by atoms with E-state index >= 15 is 0 Å². The predicted molar refractivity (Wildman–Crippen MR) is 444 cm³/mol. The Bertz CT molecular complexity index is 2030. The van der Waals surface area contributed by atoms with Gasteiger partial charge in [-0.05, 0) is 96.3 Å². The number of hydrogen-bond acceptors (Lipinski definition) is 8. The average Bonchev–Trinajstić information content (AvgIpc) is 1.01. The van der Waals surface area contributed by atoms with Gasteiger partial charge in [0, 0.05) is 12.8 Å². The smallest absolute Gasteiger partial charge is 0.306 e. The van der Waals surface area contributed by atoms with Crippen LogP contribution in [0, 0.1) is 0 Å². The predicted octanol–water partition coefficient (Wildman–Crippen LogP) is 27.7. The number of aliphatic carboxylic acids is 1. The molecule has 0 fully saturated rings. The van der Waals surface area contributed by atoms with Gasteiger partial charge in [-0.3, -0.25) is 9.59 Å². The molecule has 0 radical (unpaired) electrons. The van der Waals surface area contributed by atoms with E-state index in [-0.39, 0.29) is 32.2 Å². The van der Waals surface area contributed by atoms with E-state index in [1.807, 2.05) is 21.1 Å². The maximum absolute atomic E-state index is 13.0. The highest BCUT2D eigenvalue weighted by molar-refractivity contribution is 5.70. The van der Waals surface area contributed by atoms with E-state index < -0.39 is 24.3 Å². The fraction of sp³-hybridized carbons (Fsp3) is 0.798. The highest BCUT2D eigenvalue weighted by Crippen LogP contribution is 2.20. The highest BCUT2D eigenvalue weighted by Gasteiger charge is 2.22. The van der Waals surface area contributed by atoms with Crippen molar-refractivity contribution in [2.24, 2.45) is 0 Å². The van der Waals surface area contributed by atoms with Crippen molar-refractivity contribution in [2.75, 3.05) is 47.5 Å². The van der Waals surface area contributed by atoms with Crippen LogP contribution in [0.3, 0.4) is 0 Å². The molecular formula is C94H169NO8. The fourth-order valence-electron chi connectivity index (χ4n) is 13.1. The number of carbonyl (C=O) groups excluding carboxylic acids is 3. The molecule has 9 heteroatoms. The van der Waals surface area contributed by atoms with E-state index in [1.54, 1.807) is 0 Å². The van der Waals surface area contributed by atoms with Gasteiger partial charge in [-0.25, -0.2) is 0 Å². The molecule has 103 heavy (non-hydrogen) atoms. The number of ether oxygens (including phenoxy) is 4. The van der Waals surface area contributed by atoms with Crippen molar-refractivity contribution in [1.82, 2.24) is 0 Å². The van der Waals surface area contributed by atoms with Gasteiger partial charge in [-0.2, -0.15) is 0 Å². The molecule has 0 aliphatic carbocycles. The van der Waals surface area contributed by atoms with Crippen LogP contribution in [0.25, 0.3) is 0 Å². The van der Waals surface area contributed by atoms with Gasteiger partial charge >= 0.3 is 11.9 Å². The zero-order valence-corrected chi connectivity index (χ0v) is 68.7. The van der Waals surface area contributed by atoms with E-state index in [2.05, 4.69) is 111 Å². The largest absolute Gasteiger partial charge is 0.545 e. The Balaban J connectivity index is 3.94. The molecule has 0 spiro atoms. The van der Waals surface area contributed by atoms with Crippen LogP contribution >= 0.6 is 0 Å². The summed E-state index contributed by atoms with van der Waals surface area (Å²) in [5, 5.41) is 11.9. The Morgan fingerprint density at radius 3 is 0.835 bits per heavy atom. The Kier molecular flexibility index (Phi) is 80.8. The Morgan fingerprint density at radius 2 is 0.553 bits per heavy atom. The minimum atomic E-state index is -1.62. The van der Waals surface area contributed by atoms with Crippen LogP contribution < -0.4 is 5.11 Å². The van der Waals surface area contributed by atoms with E-state index in [0.29, 0.717) is 23.9 Å². The lowest BCUT2D eigenvalue weighted by atomic mass is 10.0. The van der Waals surface area contributed by atoms with E-state index in [0.717, 1.165) is 77.0 Å².